The van der Waals surface area contributed by atoms with Crippen molar-refractivity contribution in [3.63, 3.8) is 0 Å². The van der Waals surface area contributed by atoms with E-state index in [1.165, 1.54) is 0 Å². The molecule has 0 saturated carbocycles. The summed E-state index contributed by atoms with van der Waals surface area (Å²) in [5.74, 6) is 0.554. The van der Waals surface area contributed by atoms with E-state index in [1.54, 1.807) is 0 Å². The summed E-state index contributed by atoms with van der Waals surface area (Å²) >= 11 is 0. The quantitative estimate of drug-likeness (QED) is 0.800. The fraction of sp³-hybridized carbons (Fsp3) is 0.941. The van der Waals surface area contributed by atoms with Crippen molar-refractivity contribution in [3.05, 3.63) is 0 Å². The zero-order valence-corrected chi connectivity index (χ0v) is 14.4. The molecule has 0 aromatic rings. The second-order valence-electron chi connectivity index (χ2n) is 7.04. The summed E-state index contributed by atoms with van der Waals surface area (Å²) in [6, 6.07) is 0.596. The Kier molecular flexibility index (Phi) is 6.96. The molecule has 2 rings (SSSR count). The average Bonchev–Trinajstić information content (AvgIpc) is 2.75. The van der Waals surface area contributed by atoms with Crippen molar-refractivity contribution in [2.24, 2.45) is 5.92 Å². The van der Waals surface area contributed by atoms with E-state index in [0.29, 0.717) is 12.0 Å². The third-order valence-corrected chi connectivity index (χ3v) is 4.60. The van der Waals surface area contributed by atoms with Crippen LogP contribution in [-0.2, 0) is 9.47 Å². The lowest BCUT2D eigenvalue weighted by Gasteiger charge is -2.37. The van der Waals surface area contributed by atoms with Crippen LogP contribution in [0.3, 0.4) is 0 Å². The van der Waals surface area contributed by atoms with Crippen LogP contribution in [-0.4, -0.2) is 67.4 Å². The average molecular weight is 312 g/mol. The van der Waals surface area contributed by atoms with Crippen LogP contribution in [0, 0.1) is 5.92 Å². The van der Waals surface area contributed by atoms with Crippen molar-refractivity contribution in [2.45, 2.75) is 58.6 Å². The fourth-order valence-corrected chi connectivity index (χ4v) is 3.50. The normalized spacial score (nSPS) is 23.4. The van der Waals surface area contributed by atoms with E-state index in [9.17, 15) is 4.79 Å². The summed E-state index contributed by atoms with van der Waals surface area (Å²) < 4.78 is 11.1. The number of ether oxygens (including phenoxy) is 2. The van der Waals surface area contributed by atoms with Crippen LogP contribution in [0.15, 0.2) is 0 Å². The molecule has 0 aromatic carbocycles. The summed E-state index contributed by atoms with van der Waals surface area (Å²) in [4.78, 5) is 16.6. The minimum atomic E-state index is -0.134. The summed E-state index contributed by atoms with van der Waals surface area (Å²) in [6.07, 6.45) is 4.02. The standard InChI is InChI=1S/C17H32N2O3/c1-14(2)13-15(3)22-17(20)19-8-5-16(6-9-19)18-7-4-11-21-12-10-18/h14-16H,4-13H2,1-3H3/t15-/m0/s1. The lowest BCUT2D eigenvalue weighted by molar-refractivity contribution is 0.0434. The highest BCUT2D eigenvalue weighted by Crippen LogP contribution is 2.19. The van der Waals surface area contributed by atoms with Crippen molar-refractivity contribution in [1.82, 2.24) is 9.80 Å². The molecule has 0 N–H and O–H groups in total. The molecule has 128 valence electrons. The number of likely N-dealkylation sites (tertiary alicyclic amines) is 1. The third-order valence-electron chi connectivity index (χ3n) is 4.60. The van der Waals surface area contributed by atoms with Gasteiger partial charge in [0, 0.05) is 38.8 Å². The SMILES string of the molecule is CC(C)C[C@H](C)OC(=O)N1CCC(N2CCCOCC2)CC1. The van der Waals surface area contributed by atoms with Crippen molar-refractivity contribution in [2.75, 3.05) is 39.4 Å². The Morgan fingerprint density at radius 2 is 1.86 bits per heavy atom. The molecule has 2 fully saturated rings. The Balaban J connectivity index is 1.72. The zero-order chi connectivity index (χ0) is 15.9. The van der Waals surface area contributed by atoms with Gasteiger partial charge >= 0.3 is 6.09 Å². The number of rotatable bonds is 4. The molecular weight excluding hydrogens is 280 g/mol. The molecule has 0 aromatic heterocycles. The molecule has 1 amide bonds. The van der Waals surface area contributed by atoms with Gasteiger partial charge in [0.2, 0.25) is 0 Å². The molecule has 0 bridgehead atoms. The molecule has 22 heavy (non-hydrogen) atoms. The van der Waals surface area contributed by atoms with Gasteiger partial charge in [-0.3, -0.25) is 4.90 Å². The molecular formula is C17H32N2O3. The van der Waals surface area contributed by atoms with E-state index in [4.69, 9.17) is 9.47 Å². The second-order valence-corrected chi connectivity index (χ2v) is 7.04. The lowest BCUT2D eigenvalue weighted by Crippen LogP contribution is -2.48. The highest BCUT2D eigenvalue weighted by Gasteiger charge is 2.28. The van der Waals surface area contributed by atoms with Gasteiger partial charge in [0.25, 0.3) is 0 Å². The van der Waals surface area contributed by atoms with Gasteiger partial charge in [-0.1, -0.05) is 13.8 Å². The first-order valence-electron chi connectivity index (χ1n) is 8.83. The van der Waals surface area contributed by atoms with Crippen molar-refractivity contribution >= 4 is 6.09 Å². The van der Waals surface area contributed by atoms with E-state index in [-0.39, 0.29) is 12.2 Å². The molecule has 1 atom stereocenters. The van der Waals surface area contributed by atoms with E-state index in [0.717, 1.165) is 65.1 Å². The molecule has 0 spiro atoms. The van der Waals surface area contributed by atoms with Gasteiger partial charge in [0.05, 0.1) is 6.61 Å². The first-order valence-corrected chi connectivity index (χ1v) is 8.83. The van der Waals surface area contributed by atoms with Crippen LogP contribution in [0.4, 0.5) is 4.79 Å². The van der Waals surface area contributed by atoms with E-state index >= 15 is 0 Å². The van der Waals surface area contributed by atoms with Gasteiger partial charge in [-0.25, -0.2) is 4.79 Å². The van der Waals surface area contributed by atoms with Crippen LogP contribution in [0.25, 0.3) is 0 Å². The number of nitrogens with zero attached hydrogens (tertiary/aromatic N) is 2. The Hall–Kier alpha value is -0.810. The maximum Gasteiger partial charge on any atom is 0.410 e. The lowest BCUT2D eigenvalue weighted by atomic mass is 10.0. The van der Waals surface area contributed by atoms with Gasteiger partial charge in [-0.2, -0.15) is 0 Å². The first-order chi connectivity index (χ1) is 10.6. The van der Waals surface area contributed by atoms with Gasteiger partial charge in [0.1, 0.15) is 6.10 Å². The molecule has 0 aliphatic carbocycles. The molecule has 5 nitrogen and oxygen atoms in total. The molecule has 2 saturated heterocycles. The number of carbonyl (C=O) groups excluding carboxylic acids is 1. The highest BCUT2D eigenvalue weighted by atomic mass is 16.6. The number of hydrogen-bond donors (Lipinski definition) is 0. The molecule has 2 aliphatic rings. The van der Waals surface area contributed by atoms with Crippen LogP contribution in [0.1, 0.15) is 46.5 Å². The Bertz CT molecular complexity index is 333. The minimum absolute atomic E-state index is 0.00739. The van der Waals surface area contributed by atoms with Crippen molar-refractivity contribution < 1.29 is 14.3 Å². The van der Waals surface area contributed by atoms with E-state index < -0.39 is 0 Å². The smallest absolute Gasteiger partial charge is 0.410 e. The largest absolute Gasteiger partial charge is 0.446 e. The first kappa shape index (κ1) is 17.5. The van der Waals surface area contributed by atoms with Gasteiger partial charge in [-0.15, -0.1) is 0 Å². The highest BCUT2D eigenvalue weighted by molar-refractivity contribution is 5.67. The Morgan fingerprint density at radius 1 is 1.14 bits per heavy atom. The van der Waals surface area contributed by atoms with Crippen LogP contribution < -0.4 is 0 Å². The summed E-state index contributed by atoms with van der Waals surface area (Å²) in [6.45, 7) is 11.8. The second kappa shape index (κ2) is 8.73. The maximum atomic E-state index is 12.2. The minimum Gasteiger partial charge on any atom is -0.446 e. The summed E-state index contributed by atoms with van der Waals surface area (Å²) in [5.41, 5.74) is 0. The van der Waals surface area contributed by atoms with Crippen molar-refractivity contribution in [3.8, 4) is 0 Å². The fourth-order valence-electron chi connectivity index (χ4n) is 3.50. The number of hydrogen-bond acceptors (Lipinski definition) is 4. The molecule has 2 heterocycles. The summed E-state index contributed by atoms with van der Waals surface area (Å²) in [5, 5.41) is 0. The zero-order valence-electron chi connectivity index (χ0n) is 14.4. The van der Waals surface area contributed by atoms with Crippen LogP contribution in [0.2, 0.25) is 0 Å². The predicted molar refractivity (Wildman–Crippen MR) is 87.0 cm³/mol. The Morgan fingerprint density at radius 3 is 2.55 bits per heavy atom. The Labute approximate surface area is 134 Å². The number of amides is 1. The third kappa shape index (κ3) is 5.43. The van der Waals surface area contributed by atoms with Crippen LogP contribution >= 0.6 is 0 Å². The molecule has 5 heteroatoms. The predicted octanol–water partition coefficient (Wildman–Crippen LogP) is 2.74. The van der Waals surface area contributed by atoms with Gasteiger partial charge in [-0.05, 0) is 38.5 Å². The molecule has 0 unspecified atom stereocenters. The number of piperidine rings is 1. The van der Waals surface area contributed by atoms with Gasteiger partial charge < -0.3 is 14.4 Å². The maximum absolute atomic E-state index is 12.2. The van der Waals surface area contributed by atoms with Gasteiger partial charge in [0.15, 0.2) is 0 Å². The van der Waals surface area contributed by atoms with Crippen molar-refractivity contribution in [1.29, 1.82) is 0 Å². The molecule has 0 radical (unpaired) electrons. The van der Waals surface area contributed by atoms with E-state index in [1.807, 2.05) is 11.8 Å². The van der Waals surface area contributed by atoms with Crippen LogP contribution in [0.5, 0.6) is 0 Å². The monoisotopic (exact) mass is 312 g/mol. The topological polar surface area (TPSA) is 42.0 Å². The summed E-state index contributed by atoms with van der Waals surface area (Å²) in [7, 11) is 0. The number of carbonyl (C=O) groups is 1. The molecule has 2 aliphatic heterocycles. The van der Waals surface area contributed by atoms with E-state index in [2.05, 4.69) is 18.7 Å².